The van der Waals surface area contributed by atoms with Gasteiger partial charge in [-0.2, -0.15) is 0 Å². The largest absolute Gasteiger partial charge is 0.481 e. The molecule has 0 aromatic heterocycles. The maximum atomic E-state index is 10.4. The number of aliphatic carboxylic acids is 1. The first-order valence-corrected chi connectivity index (χ1v) is 14.1. The summed E-state index contributed by atoms with van der Waals surface area (Å²) >= 11 is 0. The second-order valence-corrected chi connectivity index (χ2v) is 10.1. The van der Waals surface area contributed by atoms with Gasteiger partial charge in [-0.25, -0.2) is 0 Å². The van der Waals surface area contributed by atoms with Crippen molar-refractivity contribution in [3.8, 4) is 0 Å². The predicted molar refractivity (Wildman–Crippen MR) is 133 cm³/mol. The number of carboxylic acid groups (broad SMARTS) is 1. The average Bonchev–Trinajstić information content (AvgIpc) is 2.72. The van der Waals surface area contributed by atoms with E-state index in [4.69, 9.17) is 9.84 Å². The van der Waals surface area contributed by atoms with Gasteiger partial charge in [-0.15, -0.1) is 0 Å². The molecular formula is C28H54O3. The summed E-state index contributed by atoms with van der Waals surface area (Å²) in [5.41, 5.74) is 0. The number of ether oxygens (including phenoxy) is 1. The summed E-state index contributed by atoms with van der Waals surface area (Å²) in [6, 6.07) is 0. The van der Waals surface area contributed by atoms with Crippen LogP contribution in [-0.4, -0.2) is 24.3 Å². The zero-order valence-corrected chi connectivity index (χ0v) is 20.7. The molecule has 0 bridgehead atoms. The van der Waals surface area contributed by atoms with E-state index in [-0.39, 0.29) is 0 Å². The van der Waals surface area contributed by atoms with Crippen molar-refractivity contribution < 1.29 is 14.6 Å². The molecule has 3 heteroatoms. The lowest BCUT2D eigenvalue weighted by Crippen LogP contribution is -2.27. The highest BCUT2D eigenvalue weighted by Crippen LogP contribution is 2.19. The van der Waals surface area contributed by atoms with Crippen LogP contribution in [0.1, 0.15) is 154 Å². The highest BCUT2D eigenvalue weighted by molar-refractivity contribution is 5.66. The maximum Gasteiger partial charge on any atom is 0.303 e. The molecule has 1 heterocycles. The van der Waals surface area contributed by atoms with Gasteiger partial charge in [-0.1, -0.05) is 135 Å². The van der Waals surface area contributed by atoms with Crippen molar-refractivity contribution in [1.82, 2.24) is 0 Å². The molecule has 0 atom stereocenters. The number of rotatable bonds is 25. The second kappa shape index (κ2) is 22.6. The number of hydrogen-bond donors (Lipinski definition) is 1. The third-order valence-electron chi connectivity index (χ3n) is 6.96. The molecule has 1 saturated heterocycles. The summed E-state index contributed by atoms with van der Waals surface area (Å²) in [4.78, 5) is 10.4. The molecule has 31 heavy (non-hydrogen) atoms. The Morgan fingerprint density at radius 1 is 0.516 bits per heavy atom. The summed E-state index contributed by atoms with van der Waals surface area (Å²) in [7, 11) is 0. The molecule has 1 aliphatic heterocycles. The Morgan fingerprint density at radius 2 is 0.806 bits per heavy atom. The van der Waals surface area contributed by atoms with Crippen molar-refractivity contribution in [3.63, 3.8) is 0 Å². The first kappa shape index (κ1) is 28.5. The standard InChI is InChI=1S/C28H54O3/c29-28(30)24-22-20-18-16-14-12-10-8-6-4-2-1-3-5-7-9-11-13-15-17-19-21-23-27-25-31-26-27/h27H,1-26H2,(H,29,30). The summed E-state index contributed by atoms with van der Waals surface area (Å²) in [6.07, 6.45) is 31.9. The third kappa shape index (κ3) is 21.1. The van der Waals surface area contributed by atoms with Crippen molar-refractivity contribution in [2.45, 2.75) is 154 Å². The zero-order chi connectivity index (χ0) is 22.2. The minimum Gasteiger partial charge on any atom is -0.481 e. The number of carboxylic acids is 1. The fourth-order valence-electron chi connectivity index (χ4n) is 4.70. The topological polar surface area (TPSA) is 46.5 Å². The molecule has 184 valence electrons. The summed E-state index contributed by atoms with van der Waals surface area (Å²) in [5.74, 6) is 0.243. The fraction of sp³-hybridized carbons (Fsp3) is 0.964. The van der Waals surface area contributed by atoms with Crippen molar-refractivity contribution in [2.75, 3.05) is 13.2 Å². The Hall–Kier alpha value is -0.570. The zero-order valence-electron chi connectivity index (χ0n) is 20.7. The minimum atomic E-state index is -0.650. The van der Waals surface area contributed by atoms with Crippen molar-refractivity contribution >= 4 is 5.97 Å². The number of carbonyl (C=O) groups is 1. The van der Waals surface area contributed by atoms with Crippen LogP contribution in [0.5, 0.6) is 0 Å². The van der Waals surface area contributed by atoms with Crippen LogP contribution in [-0.2, 0) is 9.53 Å². The highest BCUT2D eigenvalue weighted by atomic mass is 16.5. The van der Waals surface area contributed by atoms with Crippen LogP contribution in [0.2, 0.25) is 0 Å². The van der Waals surface area contributed by atoms with Gasteiger partial charge >= 0.3 is 5.97 Å². The quantitative estimate of drug-likeness (QED) is 0.145. The van der Waals surface area contributed by atoms with E-state index >= 15 is 0 Å². The van der Waals surface area contributed by atoms with Gasteiger partial charge in [-0.05, 0) is 12.8 Å². The van der Waals surface area contributed by atoms with Crippen LogP contribution in [0.4, 0.5) is 0 Å². The lowest BCUT2D eigenvalue weighted by atomic mass is 9.98. The lowest BCUT2D eigenvalue weighted by molar-refractivity contribution is -0.137. The van der Waals surface area contributed by atoms with Crippen LogP contribution in [0.3, 0.4) is 0 Å². The number of hydrogen-bond acceptors (Lipinski definition) is 2. The second-order valence-electron chi connectivity index (χ2n) is 10.1. The molecule has 0 radical (unpaired) electrons. The van der Waals surface area contributed by atoms with E-state index in [1.54, 1.807) is 0 Å². The SMILES string of the molecule is O=C(O)CCCCCCCCCCCCCCCCCCCCCCCCC1COC1. The van der Waals surface area contributed by atoms with Gasteiger partial charge in [0.15, 0.2) is 0 Å². The normalized spacial score (nSPS) is 14.1. The van der Waals surface area contributed by atoms with Gasteiger partial charge in [0.25, 0.3) is 0 Å². The molecule has 3 nitrogen and oxygen atoms in total. The number of unbranched alkanes of at least 4 members (excludes halogenated alkanes) is 21. The van der Waals surface area contributed by atoms with Crippen LogP contribution in [0.15, 0.2) is 0 Å². The van der Waals surface area contributed by atoms with Gasteiger partial charge in [0.05, 0.1) is 13.2 Å². The van der Waals surface area contributed by atoms with Crippen LogP contribution < -0.4 is 0 Å². The van der Waals surface area contributed by atoms with E-state index in [1.807, 2.05) is 0 Å². The fourth-order valence-corrected chi connectivity index (χ4v) is 4.70. The van der Waals surface area contributed by atoms with E-state index in [0.29, 0.717) is 6.42 Å². The molecular weight excluding hydrogens is 384 g/mol. The maximum absolute atomic E-state index is 10.4. The van der Waals surface area contributed by atoms with Crippen molar-refractivity contribution in [1.29, 1.82) is 0 Å². The monoisotopic (exact) mass is 438 g/mol. The molecule has 0 spiro atoms. The highest BCUT2D eigenvalue weighted by Gasteiger charge is 2.16. The van der Waals surface area contributed by atoms with Gasteiger partial charge in [0.1, 0.15) is 0 Å². The molecule has 1 fully saturated rings. The molecule has 0 aromatic rings. The molecule has 0 saturated carbocycles. The van der Waals surface area contributed by atoms with Gasteiger partial charge in [0.2, 0.25) is 0 Å². The van der Waals surface area contributed by atoms with Gasteiger partial charge < -0.3 is 9.84 Å². The first-order chi connectivity index (χ1) is 15.3. The Morgan fingerprint density at radius 3 is 1.06 bits per heavy atom. The van der Waals surface area contributed by atoms with Crippen LogP contribution >= 0.6 is 0 Å². The lowest BCUT2D eigenvalue weighted by Gasteiger charge is -2.25. The summed E-state index contributed by atoms with van der Waals surface area (Å²) in [6.45, 7) is 2.06. The van der Waals surface area contributed by atoms with Crippen LogP contribution in [0.25, 0.3) is 0 Å². The first-order valence-electron chi connectivity index (χ1n) is 14.1. The van der Waals surface area contributed by atoms with Crippen LogP contribution in [0, 0.1) is 5.92 Å². The molecule has 0 amide bonds. The Bertz CT molecular complexity index is 378. The summed E-state index contributed by atoms with van der Waals surface area (Å²) in [5, 5.41) is 8.60. The molecule has 0 unspecified atom stereocenters. The van der Waals surface area contributed by atoms with Crippen molar-refractivity contribution in [3.05, 3.63) is 0 Å². The Labute approximate surface area is 194 Å². The molecule has 1 aliphatic rings. The van der Waals surface area contributed by atoms with E-state index < -0.39 is 5.97 Å². The predicted octanol–water partition coefficient (Wildman–Crippen LogP) is 9.08. The average molecular weight is 439 g/mol. The van der Waals surface area contributed by atoms with E-state index in [2.05, 4.69) is 0 Å². The Balaban J connectivity index is 1.60. The molecule has 0 aromatic carbocycles. The van der Waals surface area contributed by atoms with E-state index in [9.17, 15) is 4.79 Å². The Kier molecular flexibility index (Phi) is 20.8. The molecule has 1 N–H and O–H groups in total. The van der Waals surface area contributed by atoms with Crippen molar-refractivity contribution in [2.24, 2.45) is 5.92 Å². The van der Waals surface area contributed by atoms with E-state index in [0.717, 1.165) is 32.0 Å². The molecule has 1 rings (SSSR count). The van der Waals surface area contributed by atoms with Gasteiger partial charge in [-0.3, -0.25) is 4.79 Å². The smallest absolute Gasteiger partial charge is 0.303 e. The van der Waals surface area contributed by atoms with E-state index in [1.165, 1.54) is 135 Å². The molecule has 0 aliphatic carbocycles. The minimum absolute atomic E-state index is 0.345. The van der Waals surface area contributed by atoms with Gasteiger partial charge in [0, 0.05) is 12.3 Å². The third-order valence-corrected chi connectivity index (χ3v) is 6.96. The summed E-state index contributed by atoms with van der Waals surface area (Å²) < 4.78 is 5.23.